The molecule has 0 spiro atoms. The maximum atomic E-state index is 5.77. The van der Waals surface area contributed by atoms with Gasteiger partial charge in [-0.1, -0.05) is 28.8 Å². The van der Waals surface area contributed by atoms with Crippen LogP contribution in [0.4, 0.5) is 0 Å². The quantitative estimate of drug-likeness (QED) is 0.788. The number of rotatable bonds is 4. The molecule has 2 heterocycles. The van der Waals surface area contributed by atoms with E-state index in [0.29, 0.717) is 12.1 Å². The summed E-state index contributed by atoms with van der Waals surface area (Å²) in [6.45, 7) is 3.08. The number of nitrogens with zero attached hydrogens (tertiary/aromatic N) is 2. The van der Waals surface area contributed by atoms with Gasteiger partial charge in [0.05, 0.1) is 17.8 Å². The first-order chi connectivity index (χ1) is 9.23. The molecule has 0 amide bonds. The normalized spacial score (nSPS) is 32.2. The molecule has 3 nitrogen and oxygen atoms in total. The zero-order chi connectivity index (χ0) is 13.3. The van der Waals surface area contributed by atoms with Gasteiger partial charge in [-0.25, -0.2) is 0 Å². The molecule has 0 aromatic carbocycles. The molecule has 2 fully saturated rings. The fraction of sp³-hybridized carbons (Fsp3) is 0.800. The Morgan fingerprint density at radius 3 is 2.89 bits per heavy atom. The lowest BCUT2D eigenvalue weighted by Gasteiger charge is -2.29. The molecule has 2 aliphatic rings. The molecule has 2 atom stereocenters. The average molecular weight is 327 g/mol. The van der Waals surface area contributed by atoms with Gasteiger partial charge in [-0.2, -0.15) is 5.10 Å². The summed E-state index contributed by atoms with van der Waals surface area (Å²) < 4.78 is 7.97. The highest BCUT2D eigenvalue weighted by Crippen LogP contribution is 2.39. The number of alkyl halides is 1. The van der Waals surface area contributed by atoms with E-state index < -0.39 is 0 Å². The third-order valence-corrected chi connectivity index (χ3v) is 6.11. The highest BCUT2D eigenvalue weighted by molar-refractivity contribution is 9.09. The van der Waals surface area contributed by atoms with Crippen molar-refractivity contribution in [2.75, 3.05) is 11.9 Å². The maximum Gasteiger partial charge on any atom is 0.0631 e. The molecular weight excluding hydrogens is 304 g/mol. The van der Waals surface area contributed by atoms with Crippen molar-refractivity contribution in [3.8, 4) is 0 Å². The Hall–Kier alpha value is -0.350. The van der Waals surface area contributed by atoms with Gasteiger partial charge in [-0.3, -0.25) is 4.68 Å². The van der Waals surface area contributed by atoms with Gasteiger partial charge in [0.25, 0.3) is 0 Å². The van der Waals surface area contributed by atoms with Crippen LogP contribution < -0.4 is 0 Å². The first-order valence-corrected chi connectivity index (χ1v) is 8.57. The molecule has 1 aliphatic heterocycles. The summed E-state index contributed by atoms with van der Waals surface area (Å²) in [5, 5.41) is 5.82. The second-order valence-electron chi connectivity index (χ2n) is 6.16. The van der Waals surface area contributed by atoms with Crippen LogP contribution in [0, 0.1) is 5.41 Å². The van der Waals surface area contributed by atoms with Crippen LogP contribution in [0.1, 0.15) is 50.8 Å². The molecule has 1 saturated heterocycles. The van der Waals surface area contributed by atoms with E-state index in [9.17, 15) is 0 Å². The molecule has 3 rings (SSSR count). The lowest BCUT2D eigenvalue weighted by molar-refractivity contribution is 0.0741. The minimum atomic E-state index is 0.231. The predicted octanol–water partition coefficient (Wildman–Crippen LogP) is 3.73. The van der Waals surface area contributed by atoms with Gasteiger partial charge in [0.2, 0.25) is 0 Å². The standard InChI is InChI=1S/C15H23BrN2O/c1-12-15(11-16,7-9-19-12)10-13-6-8-18(17-13)14-4-2-3-5-14/h6,8,12,14H,2-5,7,9-11H2,1H3. The summed E-state index contributed by atoms with van der Waals surface area (Å²) in [7, 11) is 0. The molecule has 2 unspecified atom stereocenters. The smallest absolute Gasteiger partial charge is 0.0631 e. The van der Waals surface area contributed by atoms with E-state index in [1.807, 2.05) is 0 Å². The topological polar surface area (TPSA) is 27.1 Å². The maximum absolute atomic E-state index is 5.77. The summed E-state index contributed by atoms with van der Waals surface area (Å²) in [5.41, 5.74) is 1.46. The number of hydrogen-bond donors (Lipinski definition) is 0. The summed E-state index contributed by atoms with van der Waals surface area (Å²) in [5.74, 6) is 0. The lowest BCUT2D eigenvalue weighted by Crippen LogP contribution is -2.33. The zero-order valence-corrected chi connectivity index (χ0v) is 13.2. The van der Waals surface area contributed by atoms with Gasteiger partial charge in [0.1, 0.15) is 0 Å². The molecular formula is C15H23BrN2O. The minimum Gasteiger partial charge on any atom is -0.378 e. The SMILES string of the molecule is CC1OCCC1(CBr)Cc1ccn(C2CCCC2)n1. The van der Waals surface area contributed by atoms with E-state index in [-0.39, 0.29) is 5.41 Å². The van der Waals surface area contributed by atoms with Crippen LogP contribution >= 0.6 is 15.9 Å². The van der Waals surface area contributed by atoms with Crippen molar-refractivity contribution >= 4 is 15.9 Å². The van der Waals surface area contributed by atoms with Crippen LogP contribution in [0.2, 0.25) is 0 Å². The summed E-state index contributed by atoms with van der Waals surface area (Å²) >= 11 is 3.69. The van der Waals surface area contributed by atoms with E-state index in [0.717, 1.165) is 24.8 Å². The highest BCUT2D eigenvalue weighted by atomic mass is 79.9. The zero-order valence-electron chi connectivity index (χ0n) is 11.6. The Morgan fingerprint density at radius 2 is 2.26 bits per heavy atom. The molecule has 1 aliphatic carbocycles. The van der Waals surface area contributed by atoms with Crippen LogP contribution in [-0.2, 0) is 11.2 Å². The van der Waals surface area contributed by atoms with E-state index in [1.165, 1.54) is 31.4 Å². The average Bonchev–Trinajstić information content (AvgIpc) is 3.12. The molecule has 0 bridgehead atoms. The summed E-state index contributed by atoms with van der Waals surface area (Å²) in [6, 6.07) is 2.85. The molecule has 4 heteroatoms. The molecule has 19 heavy (non-hydrogen) atoms. The fourth-order valence-electron chi connectivity index (χ4n) is 3.48. The van der Waals surface area contributed by atoms with Crippen molar-refractivity contribution in [3.05, 3.63) is 18.0 Å². The Balaban J connectivity index is 1.72. The second kappa shape index (κ2) is 5.57. The number of halogens is 1. The molecule has 106 valence electrons. The summed E-state index contributed by atoms with van der Waals surface area (Å²) in [6.07, 6.45) is 9.96. The van der Waals surface area contributed by atoms with Gasteiger partial charge in [0, 0.05) is 30.0 Å². The van der Waals surface area contributed by atoms with E-state index in [1.54, 1.807) is 0 Å². The third kappa shape index (κ3) is 2.62. The molecule has 1 saturated carbocycles. The van der Waals surface area contributed by atoms with Gasteiger partial charge in [-0.15, -0.1) is 0 Å². The fourth-order valence-corrected chi connectivity index (χ4v) is 4.41. The van der Waals surface area contributed by atoms with Crippen molar-refractivity contribution in [1.82, 2.24) is 9.78 Å². The number of aromatic nitrogens is 2. The molecule has 0 radical (unpaired) electrons. The van der Waals surface area contributed by atoms with Crippen LogP contribution in [0.25, 0.3) is 0 Å². The van der Waals surface area contributed by atoms with Crippen molar-refractivity contribution in [2.24, 2.45) is 5.41 Å². The first-order valence-electron chi connectivity index (χ1n) is 7.45. The lowest BCUT2D eigenvalue weighted by atomic mass is 9.79. The highest BCUT2D eigenvalue weighted by Gasteiger charge is 2.41. The van der Waals surface area contributed by atoms with Crippen molar-refractivity contribution < 1.29 is 4.74 Å². The third-order valence-electron chi connectivity index (χ3n) is 4.99. The Kier molecular flexibility index (Phi) is 3.99. The summed E-state index contributed by atoms with van der Waals surface area (Å²) in [4.78, 5) is 0. The van der Waals surface area contributed by atoms with Crippen LogP contribution in [0.5, 0.6) is 0 Å². The number of hydrogen-bond acceptors (Lipinski definition) is 2. The van der Waals surface area contributed by atoms with E-state index >= 15 is 0 Å². The van der Waals surface area contributed by atoms with Crippen molar-refractivity contribution in [1.29, 1.82) is 0 Å². The Labute approximate surface area is 123 Å². The molecule has 1 aromatic rings. The largest absolute Gasteiger partial charge is 0.378 e. The van der Waals surface area contributed by atoms with Gasteiger partial charge in [-0.05, 0) is 32.3 Å². The monoisotopic (exact) mass is 326 g/mol. The van der Waals surface area contributed by atoms with Crippen molar-refractivity contribution in [3.63, 3.8) is 0 Å². The van der Waals surface area contributed by atoms with Crippen LogP contribution in [0.3, 0.4) is 0 Å². The van der Waals surface area contributed by atoms with Crippen molar-refractivity contribution in [2.45, 2.75) is 57.6 Å². The first kappa shape index (κ1) is 13.6. The van der Waals surface area contributed by atoms with E-state index in [2.05, 4.69) is 39.8 Å². The van der Waals surface area contributed by atoms with Gasteiger partial charge in [0.15, 0.2) is 0 Å². The van der Waals surface area contributed by atoms with Gasteiger partial charge < -0.3 is 4.74 Å². The molecule has 1 aromatic heterocycles. The Bertz CT molecular complexity index is 428. The van der Waals surface area contributed by atoms with E-state index in [4.69, 9.17) is 9.84 Å². The number of ether oxygens (including phenoxy) is 1. The van der Waals surface area contributed by atoms with Crippen LogP contribution in [-0.4, -0.2) is 27.8 Å². The second-order valence-corrected chi connectivity index (χ2v) is 6.72. The van der Waals surface area contributed by atoms with Crippen LogP contribution in [0.15, 0.2) is 12.3 Å². The van der Waals surface area contributed by atoms with Gasteiger partial charge >= 0.3 is 0 Å². The molecule has 0 N–H and O–H groups in total. The Morgan fingerprint density at radius 1 is 1.47 bits per heavy atom. The minimum absolute atomic E-state index is 0.231. The predicted molar refractivity (Wildman–Crippen MR) is 79.7 cm³/mol.